The van der Waals surface area contributed by atoms with Crippen LogP contribution in [0, 0.1) is 5.92 Å². The molecule has 2 heterocycles. The lowest BCUT2D eigenvalue weighted by molar-refractivity contribution is 0.0595. The van der Waals surface area contributed by atoms with E-state index < -0.39 is 5.97 Å². The van der Waals surface area contributed by atoms with Gasteiger partial charge in [-0.05, 0) is 18.8 Å². The molecule has 0 spiro atoms. The van der Waals surface area contributed by atoms with Gasteiger partial charge in [0, 0.05) is 25.4 Å². The Kier molecular flexibility index (Phi) is 2.81. The average Bonchev–Trinajstić information content (AvgIpc) is 2.95. The Morgan fingerprint density at radius 3 is 2.89 bits per heavy atom. The molecule has 0 saturated heterocycles. The van der Waals surface area contributed by atoms with E-state index in [1.807, 2.05) is 13.2 Å². The van der Waals surface area contributed by atoms with Crippen molar-refractivity contribution < 1.29 is 9.53 Å². The standard InChI is InChI=1S/C12H15N5O2/c1-16-7-9(5-13-16)11-10(12(18)19-2)14-15-17(11)6-8-3-4-8/h5,7-8H,3-4,6H2,1-2H3. The second kappa shape index (κ2) is 4.49. The van der Waals surface area contributed by atoms with Crippen LogP contribution in [0.3, 0.4) is 0 Å². The van der Waals surface area contributed by atoms with Gasteiger partial charge in [0.25, 0.3) is 0 Å². The van der Waals surface area contributed by atoms with E-state index in [0.29, 0.717) is 11.6 Å². The molecule has 0 bridgehead atoms. The molecule has 0 aliphatic heterocycles. The summed E-state index contributed by atoms with van der Waals surface area (Å²) in [6.45, 7) is 0.786. The Balaban J connectivity index is 2.05. The maximum Gasteiger partial charge on any atom is 0.360 e. The van der Waals surface area contributed by atoms with Crippen LogP contribution in [-0.4, -0.2) is 37.9 Å². The van der Waals surface area contributed by atoms with Gasteiger partial charge in [0.05, 0.1) is 13.3 Å². The first kappa shape index (κ1) is 11.9. The smallest absolute Gasteiger partial charge is 0.360 e. The molecule has 19 heavy (non-hydrogen) atoms. The molecule has 0 unspecified atom stereocenters. The van der Waals surface area contributed by atoms with E-state index in [0.717, 1.165) is 12.1 Å². The number of aromatic nitrogens is 5. The van der Waals surface area contributed by atoms with Gasteiger partial charge < -0.3 is 4.74 Å². The number of nitrogens with zero attached hydrogens (tertiary/aromatic N) is 5. The van der Waals surface area contributed by atoms with Gasteiger partial charge in [-0.2, -0.15) is 5.10 Å². The molecule has 0 atom stereocenters. The molecule has 2 aromatic heterocycles. The van der Waals surface area contributed by atoms with Crippen molar-refractivity contribution in [2.45, 2.75) is 19.4 Å². The van der Waals surface area contributed by atoms with E-state index in [2.05, 4.69) is 15.4 Å². The Morgan fingerprint density at radius 1 is 1.53 bits per heavy atom. The predicted molar refractivity (Wildman–Crippen MR) is 66.3 cm³/mol. The number of carbonyl (C=O) groups excluding carboxylic acids is 1. The van der Waals surface area contributed by atoms with Crippen molar-refractivity contribution >= 4 is 5.97 Å². The van der Waals surface area contributed by atoms with E-state index in [4.69, 9.17) is 4.74 Å². The fourth-order valence-electron chi connectivity index (χ4n) is 2.05. The van der Waals surface area contributed by atoms with Crippen LogP contribution >= 0.6 is 0 Å². The van der Waals surface area contributed by atoms with Gasteiger partial charge in [0.15, 0.2) is 5.69 Å². The van der Waals surface area contributed by atoms with E-state index in [1.165, 1.54) is 20.0 Å². The first-order chi connectivity index (χ1) is 9.19. The van der Waals surface area contributed by atoms with Crippen LogP contribution in [0.1, 0.15) is 23.3 Å². The fourth-order valence-corrected chi connectivity index (χ4v) is 2.05. The van der Waals surface area contributed by atoms with Crippen LogP contribution in [0.15, 0.2) is 12.4 Å². The van der Waals surface area contributed by atoms with E-state index in [9.17, 15) is 4.79 Å². The molecule has 1 aliphatic rings. The lowest BCUT2D eigenvalue weighted by Gasteiger charge is -2.04. The highest BCUT2D eigenvalue weighted by molar-refractivity contribution is 5.93. The summed E-state index contributed by atoms with van der Waals surface area (Å²) in [6.07, 6.45) is 5.96. The normalized spacial score (nSPS) is 14.6. The lowest BCUT2D eigenvalue weighted by atomic mass is 10.2. The molecule has 7 heteroatoms. The number of aryl methyl sites for hydroxylation is 1. The number of carbonyl (C=O) groups is 1. The number of hydrogen-bond donors (Lipinski definition) is 0. The zero-order valence-corrected chi connectivity index (χ0v) is 10.9. The van der Waals surface area contributed by atoms with Crippen molar-refractivity contribution in [2.75, 3.05) is 7.11 Å². The topological polar surface area (TPSA) is 74.8 Å². The Bertz CT molecular complexity index is 611. The maximum absolute atomic E-state index is 11.8. The van der Waals surface area contributed by atoms with Crippen LogP contribution in [0.5, 0.6) is 0 Å². The van der Waals surface area contributed by atoms with Crippen LogP contribution < -0.4 is 0 Å². The molecule has 7 nitrogen and oxygen atoms in total. The number of methoxy groups -OCH3 is 1. The molecule has 0 N–H and O–H groups in total. The summed E-state index contributed by atoms with van der Waals surface area (Å²) in [5, 5.41) is 12.2. The number of hydrogen-bond acceptors (Lipinski definition) is 5. The minimum Gasteiger partial charge on any atom is -0.464 e. The molecular formula is C12H15N5O2. The number of ether oxygens (including phenoxy) is 1. The zero-order valence-electron chi connectivity index (χ0n) is 10.9. The predicted octanol–water partition coefficient (Wildman–Crippen LogP) is 0.875. The minimum absolute atomic E-state index is 0.246. The molecule has 1 saturated carbocycles. The average molecular weight is 261 g/mol. The van der Waals surface area contributed by atoms with Crippen molar-refractivity contribution in [1.29, 1.82) is 0 Å². The quantitative estimate of drug-likeness (QED) is 0.763. The van der Waals surface area contributed by atoms with Gasteiger partial charge in [0.1, 0.15) is 5.69 Å². The highest BCUT2D eigenvalue weighted by Crippen LogP contribution is 2.32. The van der Waals surface area contributed by atoms with Gasteiger partial charge in [0.2, 0.25) is 0 Å². The van der Waals surface area contributed by atoms with Gasteiger partial charge in [-0.25, -0.2) is 9.48 Å². The fraction of sp³-hybridized carbons (Fsp3) is 0.500. The molecule has 0 amide bonds. The Hall–Kier alpha value is -2.18. The Labute approximate surface area is 110 Å². The first-order valence-corrected chi connectivity index (χ1v) is 6.20. The number of esters is 1. The highest BCUT2D eigenvalue weighted by atomic mass is 16.5. The van der Waals surface area contributed by atoms with Crippen LogP contribution in [0.2, 0.25) is 0 Å². The summed E-state index contributed by atoms with van der Waals surface area (Å²) in [7, 11) is 3.17. The lowest BCUT2D eigenvalue weighted by Crippen LogP contribution is -2.07. The monoisotopic (exact) mass is 261 g/mol. The third kappa shape index (κ3) is 2.23. The largest absolute Gasteiger partial charge is 0.464 e. The highest BCUT2D eigenvalue weighted by Gasteiger charge is 2.27. The van der Waals surface area contributed by atoms with Gasteiger partial charge in [-0.3, -0.25) is 4.68 Å². The van der Waals surface area contributed by atoms with Crippen molar-refractivity contribution in [3.05, 3.63) is 18.1 Å². The molecule has 0 aromatic carbocycles. The van der Waals surface area contributed by atoms with Gasteiger partial charge in [-0.15, -0.1) is 5.10 Å². The third-order valence-electron chi connectivity index (χ3n) is 3.22. The summed E-state index contributed by atoms with van der Waals surface area (Å²) in [5.74, 6) is 0.170. The summed E-state index contributed by atoms with van der Waals surface area (Å²) in [4.78, 5) is 11.8. The van der Waals surface area contributed by atoms with Gasteiger partial charge in [-0.1, -0.05) is 5.21 Å². The summed E-state index contributed by atoms with van der Waals surface area (Å²) in [5.41, 5.74) is 1.76. The van der Waals surface area contributed by atoms with E-state index in [1.54, 1.807) is 15.6 Å². The third-order valence-corrected chi connectivity index (χ3v) is 3.22. The summed E-state index contributed by atoms with van der Waals surface area (Å²) >= 11 is 0. The molecule has 100 valence electrons. The molecule has 2 aromatic rings. The minimum atomic E-state index is -0.471. The second-order valence-electron chi connectivity index (χ2n) is 4.81. The molecule has 1 fully saturated rings. The number of rotatable bonds is 4. The van der Waals surface area contributed by atoms with Crippen molar-refractivity contribution in [1.82, 2.24) is 24.8 Å². The summed E-state index contributed by atoms with van der Waals surface area (Å²) < 4.78 is 8.22. The van der Waals surface area contributed by atoms with E-state index >= 15 is 0 Å². The SMILES string of the molecule is COC(=O)c1nnn(CC2CC2)c1-c1cnn(C)c1. The first-order valence-electron chi connectivity index (χ1n) is 6.20. The molecular weight excluding hydrogens is 246 g/mol. The van der Waals surface area contributed by atoms with Gasteiger partial charge >= 0.3 is 5.97 Å². The Morgan fingerprint density at radius 2 is 2.32 bits per heavy atom. The molecule has 0 radical (unpaired) electrons. The van der Waals surface area contributed by atoms with Crippen molar-refractivity contribution in [3.63, 3.8) is 0 Å². The van der Waals surface area contributed by atoms with Crippen LogP contribution in [0.4, 0.5) is 0 Å². The maximum atomic E-state index is 11.8. The van der Waals surface area contributed by atoms with Crippen LogP contribution in [-0.2, 0) is 18.3 Å². The molecule has 1 aliphatic carbocycles. The second-order valence-corrected chi connectivity index (χ2v) is 4.81. The molecule has 3 rings (SSSR count). The van der Waals surface area contributed by atoms with E-state index in [-0.39, 0.29) is 5.69 Å². The summed E-state index contributed by atoms with van der Waals surface area (Å²) in [6, 6.07) is 0. The van der Waals surface area contributed by atoms with Crippen molar-refractivity contribution in [3.8, 4) is 11.3 Å². The zero-order chi connectivity index (χ0) is 13.4. The van der Waals surface area contributed by atoms with Crippen molar-refractivity contribution in [2.24, 2.45) is 13.0 Å². The van der Waals surface area contributed by atoms with Crippen LogP contribution in [0.25, 0.3) is 11.3 Å².